The molecule has 1 heterocycles. The Morgan fingerprint density at radius 1 is 1.24 bits per heavy atom. The number of carbonyl (C=O) groups excluding carboxylic acids is 1. The highest BCUT2D eigenvalue weighted by Crippen LogP contribution is 2.22. The lowest BCUT2D eigenvalue weighted by atomic mass is 9.97. The summed E-state index contributed by atoms with van der Waals surface area (Å²) in [4.78, 5) is 14.5. The third-order valence-electron chi connectivity index (χ3n) is 4.39. The fraction of sp³-hybridized carbons (Fsp3) is 0.588. The van der Waals surface area contributed by atoms with Crippen molar-refractivity contribution in [2.45, 2.75) is 58.0 Å². The topological polar surface area (TPSA) is 58.4 Å². The number of carbonyl (C=O) groups is 1. The van der Waals surface area contributed by atoms with E-state index in [1.54, 1.807) is 12.1 Å². The van der Waals surface area contributed by atoms with E-state index in [0.717, 1.165) is 18.7 Å². The maximum atomic E-state index is 11.9. The molecule has 0 saturated carbocycles. The number of amides is 1. The average Bonchev–Trinajstić information content (AvgIpc) is 2.45. The molecule has 1 aromatic carbocycles. The first kappa shape index (κ1) is 15.8. The van der Waals surface area contributed by atoms with E-state index in [-0.39, 0.29) is 5.91 Å². The number of benzene rings is 1. The summed E-state index contributed by atoms with van der Waals surface area (Å²) in [6, 6.07) is 8.56. The summed E-state index contributed by atoms with van der Waals surface area (Å²) >= 11 is 0. The molecule has 0 aromatic heterocycles. The molecule has 2 atom stereocenters. The molecule has 4 heteroatoms. The van der Waals surface area contributed by atoms with Crippen molar-refractivity contribution in [2.24, 2.45) is 0 Å². The molecule has 1 fully saturated rings. The number of hydrogen-bond acceptors (Lipinski definition) is 3. The van der Waals surface area contributed by atoms with E-state index in [9.17, 15) is 4.79 Å². The molecule has 1 aromatic rings. The summed E-state index contributed by atoms with van der Waals surface area (Å²) in [5.41, 5.74) is 7.15. The molecule has 0 bridgehead atoms. The highest BCUT2D eigenvalue weighted by atomic mass is 16.1. The van der Waals surface area contributed by atoms with Crippen molar-refractivity contribution in [3.63, 3.8) is 0 Å². The Morgan fingerprint density at radius 3 is 2.48 bits per heavy atom. The second-order valence-corrected chi connectivity index (χ2v) is 6.14. The van der Waals surface area contributed by atoms with Gasteiger partial charge < -0.3 is 11.1 Å². The summed E-state index contributed by atoms with van der Waals surface area (Å²) in [6.45, 7) is 5.60. The van der Waals surface area contributed by atoms with Crippen LogP contribution in [-0.2, 0) is 4.79 Å². The van der Waals surface area contributed by atoms with Gasteiger partial charge in [0.25, 0.3) is 0 Å². The number of rotatable bonds is 5. The number of nitrogens with one attached hydrogen (secondary N) is 1. The third-order valence-corrected chi connectivity index (χ3v) is 4.39. The van der Waals surface area contributed by atoms with Crippen LogP contribution in [0.4, 0.5) is 11.4 Å². The van der Waals surface area contributed by atoms with Gasteiger partial charge in [-0.05, 0) is 63.9 Å². The fourth-order valence-corrected chi connectivity index (χ4v) is 3.13. The van der Waals surface area contributed by atoms with Gasteiger partial charge in [-0.2, -0.15) is 0 Å². The maximum Gasteiger partial charge on any atom is 0.224 e. The highest BCUT2D eigenvalue weighted by molar-refractivity contribution is 5.90. The highest BCUT2D eigenvalue weighted by Gasteiger charge is 2.23. The summed E-state index contributed by atoms with van der Waals surface area (Å²) in [7, 11) is 0. The van der Waals surface area contributed by atoms with Gasteiger partial charge in [0.15, 0.2) is 0 Å². The van der Waals surface area contributed by atoms with Crippen LogP contribution in [0.3, 0.4) is 0 Å². The third kappa shape index (κ3) is 4.74. The zero-order valence-corrected chi connectivity index (χ0v) is 13.1. The van der Waals surface area contributed by atoms with E-state index in [4.69, 9.17) is 5.73 Å². The first-order valence-electron chi connectivity index (χ1n) is 7.97. The van der Waals surface area contributed by atoms with Crippen LogP contribution in [0, 0.1) is 0 Å². The van der Waals surface area contributed by atoms with Crippen molar-refractivity contribution < 1.29 is 4.79 Å². The van der Waals surface area contributed by atoms with Gasteiger partial charge in [0, 0.05) is 29.9 Å². The minimum atomic E-state index is 0.0806. The number of nitrogens with two attached hydrogens (primary N) is 1. The molecule has 1 saturated heterocycles. The average molecular weight is 289 g/mol. The second kappa shape index (κ2) is 7.46. The summed E-state index contributed by atoms with van der Waals surface area (Å²) in [5, 5.41) is 2.92. The monoisotopic (exact) mass is 289 g/mol. The van der Waals surface area contributed by atoms with Gasteiger partial charge in [-0.1, -0.05) is 6.42 Å². The molecular weight excluding hydrogens is 262 g/mol. The van der Waals surface area contributed by atoms with Crippen LogP contribution in [0.25, 0.3) is 0 Å². The molecule has 0 spiro atoms. The smallest absolute Gasteiger partial charge is 0.224 e. The van der Waals surface area contributed by atoms with Crippen molar-refractivity contribution >= 4 is 17.3 Å². The summed E-state index contributed by atoms with van der Waals surface area (Å²) in [5.74, 6) is 0.0806. The van der Waals surface area contributed by atoms with Gasteiger partial charge in [-0.3, -0.25) is 9.69 Å². The maximum absolute atomic E-state index is 11.9. The molecule has 4 nitrogen and oxygen atoms in total. The number of nitrogen functional groups attached to an aromatic ring is 1. The van der Waals surface area contributed by atoms with Crippen LogP contribution < -0.4 is 11.1 Å². The predicted molar refractivity (Wildman–Crippen MR) is 88.2 cm³/mol. The molecule has 0 radical (unpaired) electrons. The van der Waals surface area contributed by atoms with E-state index in [1.165, 1.54) is 19.3 Å². The Morgan fingerprint density at radius 2 is 1.86 bits per heavy atom. The van der Waals surface area contributed by atoms with E-state index in [2.05, 4.69) is 24.1 Å². The molecule has 0 unspecified atom stereocenters. The fourth-order valence-electron chi connectivity index (χ4n) is 3.13. The minimum absolute atomic E-state index is 0.0806. The van der Waals surface area contributed by atoms with Gasteiger partial charge in [0.2, 0.25) is 5.91 Å². The van der Waals surface area contributed by atoms with Crippen LogP contribution in [0.1, 0.15) is 46.0 Å². The summed E-state index contributed by atoms with van der Waals surface area (Å²) in [6.07, 6.45) is 5.37. The van der Waals surface area contributed by atoms with Gasteiger partial charge >= 0.3 is 0 Å². The van der Waals surface area contributed by atoms with Crippen molar-refractivity contribution in [3.8, 4) is 0 Å². The molecule has 1 aliphatic rings. The van der Waals surface area contributed by atoms with Gasteiger partial charge in [-0.25, -0.2) is 0 Å². The van der Waals surface area contributed by atoms with E-state index >= 15 is 0 Å². The number of nitrogens with zero attached hydrogens (tertiary/aromatic N) is 1. The number of hydrogen-bond donors (Lipinski definition) is 2. The quantitative estimate of drug-likeness (QED) is 0.818. The molecule has 21 heavy (non-hydrogen) atoms. The minimum Gasteiger partial charge on any atom is -0.399 e. The normalized spacial score (nSPS) is 23.0. The van der Waals surface area contributed by atoms with Crippen molar-refractivity contribution in [1.29, 1.82) is 0 Å². The van der Waals surface area contributed by atoms with Gasteiger partial charge in [0.05, 0.1) is 0 Å². The zero-order valence-electron chi connectivity index (χ0n) is 13.1. The van der Waals surface area contributed by atoms with Crippen LogP contribution in [-0.4, -0.2) is 29.4 Å². The molecule has 2 rings (SSSR count). The Hall–Kier alpha value is -1.55. The molecule has 116 valence electrons. The predicted octanol–water partition coefficient (Wildman–Crippen LogP) is 3.25. The van der Waals surface area contributed by atoms with Crippen LogP contribution in [0.15, 0.2) is 24.3 Å². The first-order chi connectivity index (χ1) is 10.1. The van der Waals surface area contributed by atoms with Crippen LogP contribution in [0.2, 0.25) is 0 Å². The lowest BCUT2D eigenvalue weighted by Crippen LogP contribution is -2.44. The lowest BCUT2D eigenvalue weighted by molar-refractivity contribution is -0.116. The Balaban J connectivity index is 1.72. The largest absolute Gasteiger partial charge is 0.399 e. The summed E-state index contributed by atoms with van der Waals surface area (Å²) < 4.78 is 0. The van der Waals surface area contributed by atoms with Crippen molar-refractivity contribution in [3.05, 3.63) is 24.3 Å². The Labute approximate surface area is 127 Å². The van der Waals surface area contributed by atoms with Crippen LogP contribution in [0.5, 0.6) is 0 Å². The molecule has 1 aliphatic heterocycles. The zero-order chi connectivity index (χ0) is 15.2. The lowest BCUT2D eigenvalue weighted by Gasteiger charge is -2.39. The molecule has 3 N–H and O–H groups in total. The number of piperidine rings is 1. The standard InChI is InChI=1S/C17H27N3O/c1-13-5-3-6-14(2)20(13)12-4-7-17(21)19-16-10-8-15(18)9-11-16/h8-11,13-14H,3-7,12,18H2,1-2H3,(H,19,21)/t13-,14+. The first-order valence-corrected chi connectivity index (χ1v) is 7.97. The van der Waals surface area contributed by atoms with E-state index < -0.39 is 0 Å². The van der Waals surface area contributed by atoms with E-state index in [0.29, 0.717) is 24.2 Å². The van der Waals surface area contributed by atoms with Crippen molar-refractivity contribution in [1.82, 2.24) is 4.90 Å². The van der Waals surface area contributed by atoms with Gasteiger partial charge in [-0.15, -0.1) is 0 Å². The van der Waals surface area contributed by atoms with Crippen molar-refractivity contribution in [2.75, 3.05) is 17.6 Å². The SMILES string of the molecule is C[C@@H]1CCC[C@H](C)N1CCCC(=O)Nc1ccc(N)cc1. The number of likely N-dealkylation sites (tertiary alicyclic amines) is 1. The molecular formula is C17H27N3O. The second-order valence-electron chi connectivity index (χ2n) is 6.14. The number of anilines is 2. The van der Waals surface area contributed by atoms with Crippen LogP contribution >= 0.6 is 0 Å². The Kier molecular flexibility index (Phi) is 5.62. The Bertz CT molecular complexity index is 448. The molecule has 0 aliphatic carbocycles. The van der Waals surface area contributed by atoms with Gasteiger partial charge in [0.1, 0.15) is 0 Å². The van der Waals surface area contributed by atoms with E-state index in [1.807, 2.05) is 12.1 Å². The molecule has 1 amide bonds.